The molecule has 0 aliphatic carbocycles. The molecule has 5 heteroatoms. The monoisotopic (exact) mass is 352 g/mol. The van der Waals surface area contributed by atoms with E-state index in [0.29, 0.717) is 11.4 Å². The van der Waals surface area contributed by atoms with Crippen molar-refractivity contribution in [2.24, 2.45) is 0 Å². The fourth-order valence-corrected chi connectivity index (χ4v) is 3.52. The molecule has 1 unspecified atom stereocenters. The summed E-state index contributed by atoms with van der Waals surface area (Å²) in [4.78, 5) is 17.2. The number of carbonyl (C=O) groups excluding carboxylic acids is 1. The van der Waals surface area contributed by atoms with Crippen LogP contribution in [0.1, 0.15) is 12.5 Å². The van der Waals surface area contributed by atoms with Crippen LogP contribution >= 0.6 is 11.8 Å². The maximum Gasteiger partial charge on any atom is 0.237 e. The van der Waals surface area contributed by atoms with Gasteiger partial charge in [-0.25, -0.2) is 4.98 Å². The Hall–Kier alpha value is -2.53. The van der Waals surface area contributed by atoms with Crippen LogP contribution in [-0.2, 0) is 4.79 Å². The first-order valence-corrected chi connectivity index (χ1v) is 8.93. The second-order valence-corrected chi connectivity index (χ2v) is 7.11. The molecular weight excluding hydrogens is 332 g/mol. The molecule has 0 fully saturated rings. The highest BCUT2D eigenvalue weighted by Gasteiger charge is 2.17. The molecule has 0 saturated carbocycles. The molecule has 1 amide bonds. The van der Waals surface area contributed by atoms with Crippen molar-refractivity contribution in [1.82, 2.24) is 4.98 Å². The lowest BCUT2D eigenvalue weighted by atomic mass is 10.1. The minimum absolute atomic E-state index is 0.0814. The van der Waals surface area contributed by atoms with E-state index in [4.69, 9.17) is 4.74 Å². The van der Waals surface area contributed by atoms with Gasteiger partial charge < -0.3 is 10.1 Å². The normalized spacial score (nSPS) is 12.0. The van der Waals surface area contributed by atoms with E-state index in [2.05, 4.69) is 23.3 Å². The van der Waals surface area contributed by atoms with Crippen LogP contribution in [0.4, 0.5) is 5.69 Å². The SMILES string of the molecule is COc1ccccc1NC(=O)C(C)Sc1cc(C)c2ccccc2n1. The fraction of sp³-hybridized carbons (Fsp3) is 0.200. The maximum atomic E-state index is 12.5. The van der Waals surface area contributed by atoms with Gasteiger partial charge in [-0.1, -0.05) is 42.1 Å². The molecule has 0 saturated heterocycles. The number of methoxy groups -OCH3 is 1. The van der Waals surface area contributed by atoms with Crippen molar-refractivity contribution < 1.29 is 9.53 Å². The third kappa shape index (κ3) is 3.94. The highest BCUT2D eigenvalue weighted by Crippen LogP contribution is 2.28. The molecule has 1 aromatic heterocycles. The van der Waals surface area contributed by atoms with Gasteiger partial charge in [-0.15, -0.1) is 0 Å². The van der Waals surface area contributed by atoms with Crippen LogP contribution in [0, 0.1) is 6.92 Å². The van der Waals surface area contributed by atoms with Crippen LogP contribution in [0.3, 0.4) is 0 Å². The molecule has 128 valence electrons. The Kier molecular flexibility index (Phi) is 5.24. The minimum atomic E-state index is -0.280. The molecule has 3 aromatic rings. The highest BCUT2D eigenvalue weighted by molar-refractivity contribution is 8.00. The maximum absolute atomic E-state index is 12.5. The number of rotatable bonds is 5. The van der Waals surface area contributed by atoms with Crippen molar-refractivity contribution >= 4 is 34.3 Å². The van der Waals surface area contributed by atoms with Gasteiger partial charge in [0, 0.05) is 5.39 Å². The molecule has 1 heterocycles. The smallest absolute Gasteiger partial charge is 0.237 e. The molecule has 0 aliphatic rings. The Balaban J connectivity index is 1.75. The average Bonchev–Trinajstić information content (AvgIpc) is 2.62. The van der Waals surface area contributed by atoms with E-state index >= 15 is 0 Å². The zero-order chi connectivity index (χ0) is 17.8. The summed E-state index contributed by atoms with van der Waals surface area (Å²) in [5, 5.41) is 4.62. The van der Waals surface area contributed by atoms with E-state index in [-0.39, 0.29) is 11.2 Å². The highest BCUT2D eigenvalue weighted by atomic mass is 32.2. The Morgan fingerprint density at radius 3 is 2.68 bits per heavy atom. The summed E-state index contributed by atoms with van der Waals surface area (Å²) < 4.78 is 5.27. The number of nitrogens with zero attached hydrogens (tertiary/aromatic N) is 1. The number of benzene rings is 2. The van der Waals surface area contributed by atoms with Crippen LogP contribution in [-0.4, -0.2) is 23.3 Å². The van der Waals surface area contributed by atoms with E-state index in [1.807, 2.05) is 55.5 Å². The Morgan fingerprint density at radius 2 is 1.88 bits per heavy atom. The molecule has 4 nitrogen and oxygen atoms in total. The van der Waals surface area contributed by atoms with E-state index in [1.54, 1.807) is 7.11 Å². The van der Waals surface area contributed by atoms with Crippen molar-refractivity contribution in [3.63, 3.8) is 0 Å². The van der Waals surface area contributed by atoms with Crippen LogP contribution in [0.15, 0.2) is 59.6 Å². The summed E-state index contributed by atoms with van der Waals surface area (Å²) in [5.41, 5.74) is 2.78. The molecule has 0 bridgehead atoms. The van der Waals surface area contributed by atoms with Crippen molar-refractivity contribution in [2.75, 3.05) is 12.4 Å². The average molecular weight is 352 g/mol. The lowest BCUT2D eigenvalue weighted by molar-refractivity contribution is -0.115. The number of nitrogens with one attached hydrogen (secondary N) is 1. The summed E-state index contributed by atoms with van der Waals surface area (Å²) in [7, 11) is 1.59. The third-order valence-electron chi connectivity index (χ3n) is 3.93. The molecule has 1 N–H and O–H groups in total. The lowest BCUT2D eigenvalue weighted by Crippen LogP contribution is -2.22. The minimum Gasteiger partial charge on any atom is -0.495 e. The number of amides is 1. The molecule has 0 radical (unpaired) electrons. The Labute approximate surface area is 151 Å². The zero-order valence-electron chi connectivity index (χ0n) is 14.4. The number of ether oxygens (including phenoxy) is 1. The second kappa shape index (κ2) is 7.57. The summed E-state index contributed by atoms with van der Waals surface area (Å²) in [6.07, 6.45) is 0. The molecular formula is C20H20N2O2S. The topological polar surface area (TPSA) is 51.2 Å². The van der Waals surface area contributed by atoms with Gasteiger partial charge in [0.2, 0.25) is 5.91 Å². The third-order valence-corrected chi connectivity index (χ3v) is 4.95. The number of anilines is 1. The number of hydrogen-bond donors (Lipinski definition) is 1. The Bertz CT molecular complexity index is 911. The van der Waals surface area contributed by atoms with Gasteiger partial charge >= 0.3 is 0 Å². The largest absolute Gasteiger partial charge is 0.495 e. The summed E-state index contributed by atoms with van der Waals surface area (Å²) >= 11 is 1.45. The molecule has 0 aliphatic heterocycles. The van der Waals surface area contributed by atoms with Crippen LogP contribution in [0.2, 0.25) is 0 Å². The number of hydrogen-bond acceptors (Lipinski definition) is 4. The predicted molar refractivity (Wildman–Crippen MR) is 103 cm³/mol. The summed E-state index contributed by atoms with van der Waals surface area (Å²) in [6.45, 7) is 3.94. The van der Waals surface area contributed by atoms with Crippen LogP contribution < -0.4 is 10.1 Å². The van der Waals surface area contributed by atoms with Crippen LogP contribution in [0.5, 0.6) is 5.75 Å². The number of carbonyl (C=O) groups is 1. The van der Waals surface area contributed by atoms with E-state index in [9.17, 15) is 4.79 Å². The van der Waals surface area contributed by atoms with Crippen molar-refractivity contribution in [2.45, 2.75) is 24.1 Å². The van der Waals surface area contributed by atoms with Gasteiger partial charge in [0.1, 0.15) is 5.75 Å². The molecule has 2 aromatic carbocycles. The number of aryl methyl sites for hydroxylation is 1. The number of fused-ring (bicyclic) bond motifs is 1. The molecule has 3 rings (SSSR count). The van der Waals surface area contributed by atoms with Crippen LogP contribution in [0.25, 0.3) is 10.9 Å². The molecule has 0 spiro atoms. The number of para-hydroxylation sites is 3. The first kappa shape index (κ1) is 17.3. The van der Waals surface area contributed by atoms with Gasteiger partial charge in [-0.3, -0.25) is 4.79 Å². The van der Waals surface area contributed by atoms with Gasteiger partial charge in [0.05, 0.1) is 28.6 Å². The number of pyridine rings is 1. The van der Waals surface area contributed by atoms with E-state index in [1.165, 1.54) is 11.8 Å². The number of thioether (sulfide) groups is 1. The van der Waals surface area contributed by atoms with E-state index in [0.717, 1.165) is 21.5 Å². The quantitative estimate of drug-likeness (QED) is 0.678. The van der Waals surface area contributed by atoms with Crippen molar-refractivity contribution in [1.29, 1.82) is 0 Å². The second-order valence-electron chi connectivity index (χ2n) is 5.74. The lowest BCUT2D eigenvalue weighted by Gasteiger charge is -2.14. The standard InChI is InChI=1S/C20H20N2O2S/c1-13-12-19(21-16-9-5-4-8-15(13)16)25-14(2)20(23)22-17-10-6-7-11-18(17)24-3/h4-12,14H,1-3H3,(H,22,23). The van der Waals surface area contributed by atoms with Gasteiger partial charge in [0.15, 0.2) is 0 Å². The summed E-state index contributed by atoms with van der Waals surface area (Å²) in [5.74, 6) is 0.565. The van der Waals surface area contributed by atoms with Gasteiger partial charge in [-0.2, -0.15) is 0 Å². The molecule has 1 atom stereocenters. The molecule has 25 heavy (non-hydrogen) atoms. The zero-order valence-corrected chi connectivity index (χ0v) is 15.3. The Morgan fingerprint density at radius 1 is 1.16 bits per heavy atom. The fourth-order valence-electron chi connectivity index (χ4n) is 2.60. The van der Waals surface area contributed by atoms with Gasteiger partial charge in [-0.05, 0) is 43.7 Å². The first-order chi connectivity index (χ1) is 12.1. The van der Waals surface area contributed by atoms with Gasteiger partial charge in [0.25, 0.3) is 0 Å². The first-order valence-electron chi connectivity index (χ1n) is 8.05. The van der Waals surface area contributed by atoms with E-state index < -0.39 is 0 Å². The summed E-state index contributed by atoms with van der Waals surface area (Å²) in [6, 6.07) is 17.4. The number of aromatic nitrogens is 1. The van der Waals surface area contributed by atoms with Crippen molar-refractivity contribution in [3.05, 3.63) is 60.2 Å². The predicted octanol–water partition coefficient (Wildman–Crippen LogP) is 4.67. The van der Waals surface area contributed by atoms with Crippen molar-refractivity contribution in [3.8, 4) is 5.75 Å².